The van der Waals surface area contributed by atoms with E-state index in [2.05, 4.69) is 0 Å². The van der Waals surface area contributed by atoms with Gasteiger partial charge in [-0.3, -0.25) is 9.59 Å². The maximum absolute atomic E-state index is 13.3. The smallest absolute Gasteiger partial charge is 0.231 e. The monoisotopic (exact) mass is 386 g/mol. The number of hydrogen-bond donors (Lipinski definition) is 0. The van der Waals surface area contributed by atoms with Gasteiger partial charge in [0.05, 0.1) is 21.3 Å². The van der Waals surface area contributed by atoms with Crippen molar-refractivity contribution in [3.63, 3.8) is 0 Å². The second-order valence-corrected chi connectivity index (χ2v) is 6.61. The third-order valence-electron chi connectivity index (χ3n) is 4.57. The summed E-state index contributed by atoms with van der Waals surface area (Å²) in [6.45, 7) is 1.74. The first-order chi connectivity index (χ1) is 11.8. The van der Waals surface area contributed by atoms with Crippen LogP contribution in [-0.2, 0) is 9.53 Å². The van der Waals surface area contributed by atoms with E-state index in [1.54, 1.807) is 6.92 Å². The Balaban J connectivity index is 2.31. The van der Waals surface area contributed by atoms with Crippen LogP contribution in [0.15, 0.2) is 11.8 Å². The van der Waals surface area contributed by atoms with E-state index in [9.17, 15) is 9.59 Å². The average Bonchev–Trinajstić information content (AvgIpc) is 2.87. The predicted molar refractivity (Wildman–Crippen MR) is 91.1 cm³/mol. The molecule has 1 aliphatic heterocycles. The molecule has 0 aromatic heterocycles. The first-order valence-electron chi connectivity index (χ1n) is 7.49. The number of fused-ring (bicyclic) bond motifs is 1. The highest BCUT2D eigenvalue weighted by atomic mass is 35.5. The number of ether oxygens (including phenoxy) is 4. The predicted octanol–water partition coefficient (Wildman–Crippen LogP) is 3.46. The number of ketones is 2. The van der Waals surface area contributed by atoms with Crippen LogP contribution in [0.5, 0.6) is 17.2 Å². The highest BCUT2D eigenvalue weighted by Gasteiger charge is 2.60. The van der Waals surface area contributed by atoms with E-state index in [1.165, 1.54) is 27.4 Å². The minimum absolute atomic E-state index is 0.0630. The molecule has 1 aromatic carbocycles. The number of Topliss-reactive ketones (excluding diaryl/α,β-unsaturated/α-hetero) is 1. The number of halogens is 2. The molecule has 0 unspecified atom stereocenters. The van der Waals surface area contributed by atoms with Gasteiger partial charge in [0.15, 0.2) is 28.8 Å². The lowest BCUT2D eigenvalue weighted by Gasteiger charge is -2.36. The fourth-order valence-corrected chi connectivity index (χ4v) is 4.09. The number of carbonyl (C=O) groups is 2. The maximum Gasteiger partial charge on any atom is 0.231 e. The van der Waals surface area contributed by atoms with E-state index in [1.807, 2.05) is 0 Å². The first-order valence-corrected chi connectivity index (χ1v) is 8.24. The number of benzene rings is 1. The quantitative estimate of drug-likeness (QED) is 0.791. The van der Waals surface area contributed by atoms with Gasteiger partial charge in [0.1, 0.15) is 15.6 Å². The van der Waals surface area contributed by atoms with E-state index in [4.69, 9.17) is 42.1 Å². The molecule has 0 saturated heterocycles. The molecule has 1 heterocycles. The van der Waals surface area contributed by atoms with E-state index < -0.39 is 17.3 Å². The van der Waals surface area contributed by atoms with Crippen LogP contribution in [0.1, 0.15) is 23.7 Å². The summed E-state index contributed by atoms with van der Waals surface area (Å²) in [5.74, 6) is -0.537. The van der Waals surface area contributed by atoms with Gasteiger partial charge in [-0.25, -0.2) is 0 Å². The van der Waals surface area contributed by atoms with Gasteiger partial charge in [-0.05, 0) is 0 Å². The van der Waals surface area contributed by atoms with Crippen LogP contribution in [0.4, 0.5) is 0 Å². The van der Waals surface area contributed by atoms with Crippen molar-refractivity contribution in [1.29, 1.82) is 0 Å². The van der Waals surface area contributed by atoms with E-state index in [0.717, 1.165) is 0 Å². The molecule has 6 nitrogen and oxygen atoms in total. The summed E-state index contributed by atoms with van der Waals surface area (Å²) in [5.41, 5.74) is -1.38. The van der Waals surface area contributed by atoms with Crippen molar-refractivity contribution in [1.82, 2.24) is 0 Å². The van der Waals surface area contributed by atoms with Gasteiger partial charge in [0.2, 0.25) is 11.4 Å². The van der Waals surface area contributed by atoms with Crippen LogP contribution in [0.2, 0.25) is 10.0 Å². The highest BCUT2D eigenvalue weighted by molar-refractivity contribution is 6.41. The Morgan fingerprint density at radius 2 is 1.72 bits per heavy atom. The summed E-state index contributed by atoms with van der Waals surface area (Å²) in [6.07, 6.45) is 1.42. The van der Waals surface area contributed by atoms with E-state index in [0.29, 0.717) is 0 Å². The van der Waals surface area contributed by atoms with Crippen LogP contribution in [0, 0.1) is 5.92 Å². The molecule has 1 spiro atoms. The molecule has 0 fully saturated rings. The summed E-state index contributed by atoms with van der Waals surface area (Å²) in [6, 6.07) is 0. The van der Waals surface area contributed by atoms with Gasteiger partial charge in [0.25, 0.3) is 0 Å². The molecule has 3 rings (SSSR count). The van der Waals surface area contributed by atoms with Crippen LogP contribution in [0.25, 0.3) is 0 Å². The molecular formula is C17H16Cl2O6. The minimum atomic E-state index is -1.49. The van der Waals surface area contributed by atoms with E-state index in [-0.39, 0.29) is 50.8 Å². The van der Waals surface area contributed by atoms with Crippen molar-refractivity contribution in [2.24, 2.45) is 5.92 Å². The van der Waals surface area contributed by atoms with Crippen LogP contribution >= 0.6 is 23.2 Å². The Labute approximate surface area is 154 Å². The number of rotatable bonds is 3. The standard InChI is InChI=1S/C17H16Cl2O6/c1-7-5-8(20)6-9(22-2)17(7)16(21)10-13(23-3)11(18)15(24-4)12(19)14(10)25-17/h6-7H,5H2,1-4H3/t7-,17+/m1/s1. The van der Waals surface area contributed by atoms with Gasteiger partial charge >= 0.3 is 0 Å². The summed E-state index contributed by atoms with van der Waals surface area (Å²) >= 11 is 12.6. The Kier molecular flexibility index (Phi) is 4.37. The number of allylic oxidation sites excluding steroid dienone is 1. The Hall–Kier alpha value is -1.92. The van der Waals surface area contributed by atoms with Crippen LogP contribution in [-0.4, -0.2) is 38.5 Å². The molecule has 2 aliphatic rings. The molecular weight excluding hydrogens is 371 g/mol. The second-order valence-electron chi connectivity index (χ2n) is 5.85. The molecule has 25 heavy (non-hydrogen) atoms. The fourth-order valence-electron chi connectivity index (χ4n) is 3.39. The number of carbonyl (C=O) groups excluding carboxylic acids is 2. The minimum Gasteiger partial charge on any atom is -0.496 e. The van der Waals surface area contributed by atoms with Crippen molar-refractivity contribution in [3.8, 4) is 17.2 Å². The van der Waals surface area contributed by atoms with Crippen LogP contribution < -0.4 is 14.2 Å². The summed E-state index contributed by atoms with van der Waals surface area (Å²) in [7, 11) is 4.16. The summed E-state index contributed by atoms with van der Waals surface area (Å²) < 4.78 is 21.9. The van der Waals surface area contributed by atoms with Gasteiger partial charge in [0, 0.05) is 18.4 Å². The first kappa shape index (κ1) is 17.9. The fraction of sp³-hybridized carbons (Fsp3) is 0.412. The maximum atomic E-state index is 13.3. The molecule has 8 heteroatoms. The summed E-state index contributed by atoms with van der Waals surface area (Å²) in [5, 5.41) is 0.137. The lowest BCUT2D eigenvalue weighted by Crippen LogP contribution is -2.51. The molecule has 1 aliphatic carbocycles. The number of hydrogen-bond acceptors (Lipinski definition) is 6. The van der Waals surface area contributed by atoms with Gasteiger partial charge < -0.3 is 18.9 Å². The van der Waals surface area contributed by atoms with Crippen molar-refractivity contribution >= 4 is 34.8 Å². The van der Waals surface area contributed by atoms with Crippen molar-refractivity contribution < 1.29 is 28.5 Å². The largest absolute Gasteiger partial charge is 0.496 e. The van der Waals surface area contributed by atoms with Crippen molar-refractivity contribution in [2.45, 2.75) is 18.9 Å². The highest BCUT2D eigenvalue weighted by Crippen LogP contribution is 2.57. The Morgan fingerprint density at radius 1 is 1.08 bits per heavy atom. The van der Waals surface area contributed by atoms with Crippen LogP contribution in [0.3, 0.4) is 0 Å². The van der Waals surface area contributed by atoms with Gasteiger partial charge in [-0.1, -0.05) is 30.1 Å². The molecule has 1 aromatic rings. The zero-order chi connectivity index (χ0) is 18.5. The molecule has 134 valence electrons. The second kappa shape index (κ2) is 6.11. The Bertz CT molecular complexity index is 816. The topological polar surface area (TPSA) is 71.1 Å². The number of methoxy groups -OCH3 is 3. The summed E-state index contributed by atoms with van der Waals surface area (Å²) in [4.78, 5) is 25.2. The van der Waals surface area contributed by atoms with Gasteiger partial charge in [-0.15, -0.1) is 0 Å². The molecule has 2 atom stereocenters. The molecule has 0 amide bonds. The van der Waals surface area contributed by atoms with Crippen molar-refractivity contribution in [3.05, 3.63) is 27.4 Å². The average molecular weight is 387 g/mol. The van der Waals surface area contributed by atoms with Crippen molar-refractivity contribution in [2.75, 3.05) is 21.3 Å². The lowest BCUT2D eigenvalue weighted by atomic mass is 9.75. The SMILES string of the molecule is COC1=CC(=O)C[C@@H](C)[C@]12Oc1c(Cl)c(OC)c(Cl)c(OC)c1C2=O. The third kappa shape index (κ3) is 2.24. The molecule has 0 N–H and O–H groups in total. The lowest BCUT2D eigenvalue weighted by molar-refractivity contribution is -0.118. The Morgan fingerprint density at radius 3 is 2.28 bits per heavy atom. The van der Waals surface area contributed by atoms with E-state index >= 15 is 0 Å². The molecule has 0 saturated carbocycles. The normalized spacial score (nSPS) is 24.7. The molecule has 0 bridgehead atoms. The zero-order valence-electron chi connectivity index (χ0n) is 14.1. The zero-order valence-corrected chi connectivity index (χ0v) is 15.6. The molecule has 0 radical (unpaired) electrons. The third-order valence-corrected chi connectivity index (χ3v) is 5.25. The van der Waals surface area contributed by atoms with Gasteiger partial charge in [-0.2, -0.15) is 0 Å².